The van der Waals surface area contributed by atoms with E-state index >= 15 is 0 Å². The summed E-state index contributed by atoms with van der Waals surface area (Å²) in [6.07, 6.45) is 2.22. The van der Waals surface area contributed by atoms with Crippen LogP contribution in [-0.2, 0) is 4.79 Å². The molecule has 0 atom stereocenters. The van der Waals surface area contributed by atoms with Gasteiger partial charge >= 0.3 is 0 Å². The van der Waals surface area contributed by atoms with Gasteiger partial charge in [0.1, 0.15) is 5.82 Å². The van der Waals surface area contributed by atoms with E-state index in [1.807, 2.05) is 17.5 Å². The van der Waals surface area contributed by atoms with Crippen molar-refractivity contribution in [2.45, 2.75) is 24.0 Å². The molecule has 1 saturated carbocycles. The molecule has 0 unspecified atom stereocenters. The van der Waals surface area contributed by atoms with Gasteiger partial charge in [0, 0.05) is 11.7 Å². The van der Waals surface area contributed by atoms with Gasteiger partial charge in [0.2, 0.25) is 5.91 Å². The molecule has 1 aromatic carbocycles. The molecule has 5 nitrogen and oxygen atoms in total. The highest BCUT2D eigenvalue weighted by Crippen LogP contribution is 2.41. The van der Waals surface area contributed by atoms with Crippen LogP contribution in [0.4, 0.5) is 10.1 Å². The third-order valence-corrected chi connectivity index (χ3v) is 5.57. The minimum absolute atomic E-state index is 0.196. The van der Waals surface area contributed by atoms with E-state index in [9.17, 15) is 9.18 Å². The molecule has 8 heteroatoms. The molecule has 3 aromatic rings. The molecule has 2 heterocycles. The van der Waals surface area contributed by atoms with Crippen molar-refractivity contribution < 1.29 is 9.18 Å². The minimum Gasteiger partial charge on any atom is -0.325 e. The zero-order valence-corrected chi connectivity index (χ0v) is 14.8. The lowest BCUT2D eigenvalue weighted by Crippen LogP contribution is -2.14. The fourth-order valence-corrected chi connectivity index (χ4v) is 4.02. The maximum absolute atomic E-state index is 13.2. The van der Waals surface area contributed by atoms with Gasteiger partial charge in [-0.15, -0.1) is 21.5 Å². The van der Waals surface area contributed by atoms with E-state index in [1.165, 1.54) is 23.9 Å². The fourth-order valence-electron chi connectivity index (χ4n) is 2.50. The Labute approximate surface area is 152 Å². The molecule has 2 aromatic heterocycles. The molecular weight excluding hydrogens is 359 g/mol. The van der Waals surface area contributed by atoms with E-state index in [1.54, 1.807) is 23.5 Å². The number of thioether (sulfide) groups is 1. The summed E-state index contributed by atoms with van der Waals surface area (Å²) >= 11 is 2.98. The number of rotatable bonds is 6. The van der Waals surface area contributed by atoms with E-state index in [0.29, 0.717) is 11.7 Å². The molecule has 0 saturated heterocycles. The topological polar surface area (TPSA) is 59.8 Å². The first-order chi connectivity index (χ1) is 12.2. The fraction of sp³-hybridized carbons (Fsp3) is 0.235. The molecular formula is C17H15FN4OS2. The Morgan fingerprint density at radius 1 is 1.32 bits per heavy atom. The van der Waals surface area contributed by atoms with E-state index in [4.69, 9.17) is 0 Å². The zero-order valence-electron chi connectivity index (χ0n) is 13.2. The van der Waals surface area contributed by atoms with Gasteiger partial charge in [-0.1, -0.05) is 23.9 Å². The number of amides is 1. The number of anilines is 1. The number of nitrogens with zero attached hydrogens (tertiary/aromatic N) is 3. The Morgan fingerprint density at radius 2 is 2.20 bits per heavy atom. The molecule has 4 rings (SSSR count). The SMILES string of the molecule is O=C(CSc1nnc(-c2cccs2)n1C1CC1)Nc1cccc(F)c1. The van der Waals surface area contributed by atoms with E-state index in [0.717, 1.165) is 28.7 Å². The Balaban J connectivity index is 1.45. The van der Waals surface area contributed by atoms with E-state index in [-0.39, 0.29) is 17.5 Å². The van der Waals surface area contributed by atoms with Crippen molar-refractivity contribution in [1.29, 1.82) is 0 Å². The van der Waals surface area contributed by atoms with Crippen LogP contribution in [0.3, 0.4) is 0 Å². The number of aromatic nitrogens is 3. The van der Waals surface area contributed by atoms with Crippen LogP contribution in [0.25, 0.3) is 10.7 Å². The lowest BCUT2D eigenvalue weighted by molar-refractivity contribution is -0.113. The van der Waals surface area contributed by atoms with E-state index in [2.05, 4.69) is 20.1 Å². The molecule has 0 bridgehead atoms. The van der Waals surface area contributed by atoms with Crippen LogP contribution in [0.2, 0.25) is 0 Å². The maximum Gasteiger partial charge on any atom is 0.234 e. The lowest BCUT2D eigenvalue weighted by Gasteiger charge is -2.08. The summed E-state index contributed by atoms with van der Waals surface area (Å²) in [7, 11) is 0. The van der Waals surface area contributed by atoms with Gasteiger partial charge in [0.25, 0.3) is 0 Å². The molecule has 1 N–H and O–H groups in total. The third-order valence-electron chi connectivity index (χ3n) is 3.76. The lowest BCUT2D eigenvalue weighted by atomic mass is 10.3. The monoisotopic (exact) mass is 374 g/mol. The molecule has 1 aliphatic rings. The Kier molecular flexibility index (Phi) is 4.54. The largest absolute Gasteiger partial charge is 0.325 e. The Hall–Kier alpha value is -2.19. The summed E-state index contributed by atoms with van der Waals surface area (Å²) in [5.41, 5.74) is 0.452. The average molecular weight is 374 g/mol. The van der Waals surface area contributed by atoms with Crippen LogP contribution < -0.4 is 5.32 Å². The third kappa shape index (κ3) is 3.74. The summed E-state index contributed by atoms with van der Waals surface area (Å²) < 4.78 is 15.3. The first kappa shape index (κ1) is 16.3. The second-order valence-corrected chi connectivity index (χ2v) is 7.62. The number of hydrogen-bond acceptors (Lipinski definition) is 5. The van der Waals surface area contributed by atoms with Gasteiger partial charge in [-0.2, -0.15) is 0 Å². The first-order valence-electron chi connectivity index (χ1n) is 7.88. The second kappa shape index (κ2) is 6.97. The molecule has 128 valence electrons. The van der Waals surface area contributed by atoms with Crippen molar-refractivity contribution in [2.24, 2.45) is 0 Å². The summed E-state index contributed by atoms with van der Waals surface area (Å²) in [4.78, 5) is 13.2. The predicted octanol–water partition coefficient (Wildman–Crippen LogP) is 4.21. The molecule has 1 amide bonds. The van der Waals surface area contributed by atoms with Crippen LogP contribution in [0.5, 0.6) is 0 Å². The van der Waals surface area contributed by atoms with Crippen molar-refractivity contribution in [3.63, 3.8) is 0 Å². The molecule has 0 spiro atoms. The number of thiophene rings is 1. The number of halogens is 1. The van der Waals surface area contributed by atoms with Gasteiger partial charge in [0.15, 0.2) is 11.0 Å². The zero-order chi connectivity index (χ0) is 17.2. The number of hydrogen-bond donors (Lipinski definition) is 1. The summed E-state index contributed by atoms with van der Waals surface area (Å²) in [5, 5.41) is 14.0. The van der Waals surface area contributed by atoms with Crippen molar-refractivity contribution in [3.05, 3.63) is 47.6 Å². The van der Waals surface area contributed by atoms with Gasteiger partial charge in [-0.3, -0.25) is 9.36 Å². The predicted molar refractivity (Wildman–Crippen MR) is 97.4 cm³/mol. The minimum atomic E-state index is -0.375. The number of nitrogens with one attached hydrogen (secondary N) is 1. The highest BCUT2D eigenvalue weighted by atomic mass is 32.2. The van der Waals surface area contributed by atoms with Crippen molar-refractivity contribution in [2.75, 3.05) is 11.1 Å². The van der Waals surface area contributed by atoms with Gasteiger partial charge in [0.05, 0.1) is 10.6 Å². The number of carbonyl (C=O) groups excluding carboxylic acids is 1. The van der Waals surface area contributed by atoms with Crippen LogP contribution in [0.1, 0.15) is 18.9 Å². The molecule has 0 radical (unpaired) electrons. The number of carbonyl (C=O) groups is 1. The summed E-state index contributed by atoms with van der Waals surface area (Å²) in [6, 6.07) is 10.3. The molecule has 1 aliphatic carbocycles. The van der Waals surface area contributed by atoms with Crippen LogP contribution >= 0.6 is 23.1 Å². The highest BCUT2D eigenvalue weighted by Gasteiger charge is 2.30. The van der Waals surface area contributed by atoms with Crippen LogP contribution in [0.15, 0.2) is 46.9 Å². The second-order valence-electron chi connectivity index (χ2n) is 5.73. The van der Waals surface area contributed by atoms with Gasteiger partial charge in [-0.05, 0) is 42.5 Å². The Morgan fingerprint density at radius 3 is 2.92 bits per heavy atom. The molecule has 25 heavy (non-hydrogen) atoms. The van der Waals surface area contributed by atoms with E-state index < -0.39 is 0 Å². The van der Waals surface area contributed by atoms with Gasteiger partial charge in [-0.25, -0.2) is 4.39 Å². The average Bonchev–Trinajstić information content (AvgIpc) is 3.11. The van der Waals surface area contributed by atoms with Crippen molar-refractivity contribution in [1.82, 2.24) is 14.8 Å². The number of benzene rings is 1. The highest BCUT2D eigenvalue weighted by molar-refractivity contribution is 7.99. The molecule has 0 aliphatic heterocycles. The first-order valence-corrected chi connectivity index (χ1v) is 9.74. The van der Waals surface area contributed by atoms with Gasteiger partial charge < -0.3 is 5.32 Å². The molecule has 1 fully saturated rings. The standard InChI is InChI=1S/C17H15FN4OS2/c18-11-3-1-4-12(9-11)19-15(23)10-25-17-21-20-16(14-5-2-8-24-14)22(17)13-6-7-13/h1-5,8-9,13H,6-7,10H2,(H,19,23). The van der Waals surface area contributed by atoms with Crippen LogP contribution in [0, 0.1) is 5.82 Å². The maximum atomic E-state index is 13.2. The summed E-state index contributed by atoms with van der Waals surface area (Å²) in [5.74, 6) is 0.495. The Bertz CT molecular complexity index is 890. The van der Waals surface area contributed by atoms with Crippen molar-refractivity contribution >= 4 is 34.7 Å². The van der Waals surface area contributed by atoms with Crippen LogP contribution in [-0.4, -0.2) is 26.4 Å². The van der Waals surface area contributed by atoms with Crippen molar-refractivity contribution in [3.8, 4) is 10.7 Å². The summed E-state index contributed by atoms with van der Waals surface area (Å²) in [6.45, 7) is 0. The smallest absolute Gasteiger partial charge is 0.234 e. The normalized spacial score (nSPS) is 13.8. The quantitative estimate of drug-likeness (QED) is 0.657.